The quantitative estimate of drug-likeness (QED) is 0.137. The van der Waals surface area contributed by atoms with Gasteiger partial charge in [0.1, 0.15) is 5.75 Å². The third kappa shape index (κ3) is 9.65. The number of aryl methyl sites for hydroxylation is 1. The van der Waals surface area contributed by atoms with Crippen molar-refractivity contribution in [2.45, 2.75) is 38.2 Å². The zero-order valence-corrected chi connectivity index (χ0v) is 25.0. The van der Waals surface area contributed by atoms with E-state index in [0.29, 0.717) is 63.6 Å². The number of carbonyl (C=O) groups excluding carboxylic acids is 1. The summed E-state index contributed by atoms with van der Waals surface area (Å²) in [7, 11) is 1.55. The molecular weight excluding hydrogens is 604 g/mol. The summed E-state index contributed by atoms with van der Waals surface area (Å²) in [5.41, 5.74) is -1.08. The van der Waals surface area contributed by atoms with Gasteiger partial charge in [-0.15, -0.1) is 0 Å². The number of nitrogens with zero attached hydrogens (tertiary/aromatic N) is 3. The molecule has 45 heavy (non-hydrogen) atoms. The number of hydrogen-bond acceptors (Lipinski definition) is 6. The number of amides is 1. The van der Waals surface area contributed by atoms with Crippen LogP contribution in [0.15, 0.2) is 60.9 Å². The molecule has 0 saturated carbocycles. The Labute approximate surface area is 257 Å². The molecule has 1 atom stereocenters. The number of halogens is 6. The van der Waals surface area contributed by atoms with Crippen LogP contribution in [0.1, 0.15) is 38.2 Å². The van der Waals surface area contributed by atoms with Crippen LogP contribution in [-0.4, -0.2) is 80.0 Å². The van der Waals surface area contributed by atoms with Gasteiger partial charge < -0.3 is 19.1 Å². The lowest BCUT2D eigenvalue weighted by molar-refractivity contribution is -0.143. The van der Waals surface area contributed by atoms with E-state index in [9.17, 15) is 31.1 Å². The molecule has 0 aliphatic carbocycles. The summed E-state index contributed by atoms with van der Waals surface area (Å²) in [5.74, 6) is -0.335. The van der Waals surface area contributed by atoms with Crippen molar-refractivity contribution in [2.24, 2.45) is 0 Å². The van der Waals surface area contributed by atoms with Crippen molar-refractivity contribution in [1.82, 2.24) is 14.8 Å². The van der Waals surface area contributed by atoms with Gasteiger partial charge in [-0.05, 0) is 66.8 Å². The normalized spacial score (nSPS) is 16.2. The Balaban J connectivity index is 1.59. The molecule has 4 rings (SSSR count). The van der Waals surface area contributed by atoms with Gasteiger partial charge in [-0.2, -0.15) is 26.3 Å². The van der Waals surface area contributed by atoms with E-state index in [1.807, 2.05) is 31.2 Å². The first-order valence-corrected chi connectivity index (χ1v) is 14.4. The van der Waals surface area contributed by atoms with Crippen LogP contribution in [0.3, 0.4) is 0 Å². The van der Waals surface area contributed by atoms with Gasteiger partial charge in [-0.25, -0.2) is 0 Å². The van der Waals surface area contributed by atoms with Crippen LogP contribution in [-0.2, 0) is 34.7 Å². The fourth-order valence-electron chi connectivity index (χ4n) is 5.15. The zero-order valence-electron chi connectivity index (χ0n) is 25.0. The highest BCUT2D eigenvalue weighted by Gasteiger charge is 2.39. The Morgan fingerprint density at radius 3 is 2.33 bits per heavy atom. The van der Waals surface area contributed by atoms with Crippen molar-refractivity contribution in [3.8, 4) is 5.75 Å². The zero-order chi connectivity index (χ0) is 32.6. The number of carbonyl (C=O) groups is 1. The Morgan fingerprint density at radius 2 is 1.69 bits per heavy atom. The maximum absolute atomic E-state index is 13.7. The second-order valence-electron chi connectivity index (χ2n) is 10.8. The minimum atomic E-state index is -5.06. The van der Waals surface area contributed by atoms with Crippen LogP contribution < -0.4 is 4.74 Å². The summed E-state index contributed by atoms with van der Waals surface area (Å²) in [6.45, 7) is 4.10. The lowest BCUT2D eigenvalue weighted by Gasteiger charge is -2.42. The smallest absolute Gasteiger partial charge is 0.416 e. The van der Waals surface area contributed by atoms with Crippen molar-refractivity contribution >= 4 is 5.91 Å². The van der Waals surface area contributed by atoms with Gasteiger partial charge >= 0.3 is 12.4 Å². The predicted molar refractivity (Wildman–Crippen MR) is 154 cm³/mol. The number of hydrogen-bond donors (Lipinski definition) is 0. The summed E-state index contributed by atoms with van der Waals surface area (Å²) in [4.78, 5) is 21.3. The van der Waals surface area contributed by atoms with Crippen LogP contribution in [0.4, 0.5) is 26.3 Å². The standard InChI is InChI=1S/C32H35F6N3O4/c1-22-5-6-24(15-29(22)45-21-44-13-12-43-2)14-28-20-40(9-7-23-4-3-8-39-19-23)10-11-41(28)30(42)25-16-26(31(33,34)35)18-27(17-25)32(36,37)38/h3-6,8,15-19,28H,7,9-14,20-21H2,1-2H3/t28-/m1/s1. The average molecular weight is 640 g/mol. The van der Waals surface area contributed by atoms with Gasteiger partial charge in [-0.3, -0.25) is 14.7 Å². The molecule has 244 valence electrons. The van der Waals surface area contributed by atoms with Crippen LogP contribution in [0.5, 0.6) is 5.75 Å². The Hall–Kier alpha value is -3.68. The first-order valence-electron chi connectivity index (χ1n) is 14.4. The van der Waals surface area contributed by atoms with Gasteiger partial charge in [0.15, 0.2) is 6.79 Å². The molecule has 3 aromatic rings. The van der Waals surface area contributed by atoms with Crippen LogP contribution >= 0.6 is 0 Å². The second kappa shape index (κ2) is 15.1. The number of aromatic nitrogens is 1. The molecule has 0 unspecified atom stereocenters. The monoisotopic (exact) mass is 639 g/mol. The first kappa shape index (κ1) is 34.2. The lowest BCUT2D eigenvalue weighted by atomic mass is 9.98. The average Bonchev–Trinajstić information content (AvgIpc) is 3.00. The van der Waals surface area contributed by atoms with Crippen molar-refractivity contribution in [3.63, 3.8) is 0 Å². The molecule has 7 nitrogen and oxygen atoms in total. The van der Waals surface area contributed by atoms with E-state index < -0.39 is 41.0 Å². The minimum absolute atomic E-state index is 0.0130. The molecule has 1 saturated heterocycles. The Kier molecular flexibility index (Phi) is 11.5. The molecule has 1 fully saturated rings. The van der Waals surface area contributed by atoms with E-state index in [1.165, 1.54) is 4.90 Å². The van der Waals surface area contributed by atoms with E-state index >= 15 is 0 Å². The van der Waals surface area contributed by atoms with Crippen molar-refractivity contribution in [2.75, 3.05) is 53.3 Å². The number of piperazine rings is 1. The highest BCUT2D eigenvalue weighted by atomic mass is 19.4. The van der Waals surface area contributed by atoms with Crippen LogP contribution in [0.25, 0.3) is 0 Å². The number of pyridine rings is 1. The lowest BCUT2D eigenvalue weighted by Crippen LogP contribution is -2.56. The second-order valence-corrected chi connectivity index (χ2v) is 10.8. The topological polar surface area (TPSA) is 64.1 Å². The number of methoxy groups -OCH3 is 1. The van der Waals surface area contributed by atoms with Crippen LogP contribution in [0.2, 0.25) is 0 Å². The molecule has 0 N–H and O–H groups in total. The summed E-state index contributed by atoms with van der Waals surface area (Å²) in [6, 6.07) is 9.75. The van der Waals surface area contributed by atoms with E-state index in [1.54, 1.807) is 25.6 Å². The molecular formula is C32H35F6N3O4. The minimum Gasteiger partial charge on any atom is -0.467 e. The van der Waals surface area contributed by atoms with E-state index in [-0.39, 0.29) is 19.4 Å². The summed E-state index contributed by atoms with van der Waals surface area (Å²) in [5, 5.41) is 0. The Bertz CT molecular complexity index is 1390. The molecule has 0 radical (unpaired) electrons. The maximum Gasteiger partial charge on any atom is 0.416 e. The SMILES string of the molecule is COCCOCOc1cc(C[C@@H]2CN(CCc3cccnc3)CCN2C(=O)c2cc(C(F)(F)F)cc(C(F)(F)F)c2)ccc1C. The third-order valence-corrected chi connectivity index (χ3v) is 7.56. The van der Waals surface area contributed by atoms with Gasteiger partial charge in [0.05, 0.1) is 24.3 Å². The molecule has 13 heteroatoms. The number of benzene rings is 2. The van der Waals surface area contributed by atoms with Gasteiger partial charge in [-0.1, -0.05) is 18.2 Å². The molecule has 0 bridgehead atoms. The van der Waals surface area contributed by atoms with Crippen molar-refractivity contribution in [3.05, 3.63) is 94.3 Å². The van der Waals surface area contributed by atoms with Crippen molar-refractivity contribution < 1.29 is 45.3 Å². The van der Waals surface area contributed by atoms with E-state index in [2.05, 4.69) is 9.88 Å². The molecule has 0 spiro atoms. The van der Waals surface area contributed by atoms with Crippen molar-refractivity contribution in [1.29, 1.82) is 0 Å². The number of ether oxygens (including phenoxy) is 3. The molecule has 2 heterocycles. The fraction of sp³-hybridized carbons (Fsp3) is 0.438. The molecule has 1 aliphatic rings. The van der Waals surface area contributed by atoms with Gasteiger partial charge in [0.2, 0.25) is 0 Å². The summed E-state index contributed by atoms with van der Waals surface area (Å²) in [6.07, 6.45) is -5.72. The molecule has 1 aromatic heterocycles. The third-order valence-electron chi connectivity index (χ3n) is 7.56. The highest BCUT2D eigenvalue weighted by Crippen LogP contribution is 2.37. The Morgan fingerprint density at radius 1 is 0.956 bits per heavy atom. The maximum atomic E-state index is 13.7. The number of rotatable bonds is 12. The predicted octanol–water partition coefficient (Wildman–Crippen LogP) is 6.04. The van der Waals surface area contributed by atoms with Crippen LogP contribution in [0, 0.1) is 6.92 Å². The summed E-state index contributed by atoms with van der Waals surface area (Å²) < 4.78 is 97.5. The summed E-state index contributed by atoms with van der Waals surface area (Å²) >= 11 is 0. The first-order chi connectivity index (χ1) is 21.3. The fourth-order valence-corrected chi connectivity index (χ4v) is 5.15. The molecule has 2 aromatic carbocycles. The van der Waals surface area contributed by atoms with E-state index in [4.69, 9.17) is 14.2 Å². The van der Waals surface area contributed by atoms with Gasteiger partial charge in [0, 0.05) is 57.3 Å². The highest BCUT2D eigenvalue weighted by molar-refractivity contribution is 5.95. The number of alkyl halides is 6. The molecule has 1 amide bonds. The van der Waals surface area contributed by atoms with Gasteiger partial charge in [0.25, 0.3) is 5.91 Å². The largest absolute Gasteiger partial charge is 0.467 e. The molecule has 1 aliphatic heterocycles. The van der Waals surface area contributed by atoms with E-state index in [0.717, 1.165) is 16.7 Å².